The summed E-state index contributed by atoms with van der Waals surface area (Å²) in [7, 11) is 2.19. The average molecular weight is 285 g/mol. The van der Waals surface area contributed by atoms with Gasteiger partial charge in [-0.1, -0.05) is 24.3 Å². The fourth-order valence-corrected chi connectivity index (χ4v) is 4.43. The Morgan fingerprint density at radius 2 is 2.29 bits per heavy atom. The van der Waals surface area contributed by atoms with Crippen molar-refractivity contribution in [3.05, 3.63) is 41.0 Å². The molecule has 0 saturated carbocycles. The Hall–Kier alpha value is -1.32. The van der Waals surface area contributed by atoms with Gasteiger partial charge in [0.1, 0.15) is 11.9 Å². The normalized spacial score (nSPS) is 34.0. The Morgan fingerprint density at radius 1 is 1.43 bits per heavy atom. The Kier molecular flexibility index (Phi) is 2.92. The van der Waals surface area contributed by atoms with Gasteiger partial charge in [-0.25, -0.2) is 0 Å². The highest BCUT2D eigenvalue weighted by Crippen LogP contribution is 2.54. The molecule has 21 heavy (non-hydrogen) atoms. The lowest BCUT2D eigenvalue weighted by Gasteiger charge is -2.38. The fourth-order valence-electron chi connectivity index (χ4n) is 4.43. The van der Waals surface area contributed by atoms with E-state index in [1.54, 1.807) is 0 Å². The summed E-state index contributed by atoms with van der Waals surface area (Å²) in [6, 6.07) is 4.44. The Balaban J connectivity index is 1.96. The SMILES string of the molecule is Cc1ccc2c3c1OC1C(CO)CC=C[C@@]31CCN(C)C2. The maximum absolute atomic E-state index is 9.78. The van der Waals surface area contributed by atoms with Crippen LogP contribution in [0.25, 0.3) is 0 Å². The highest BCUT2D eigenvalue weighted by Gasteiger charge is 2.53. The van der Waals surface area contributed by atoms with Crippen LogP contribution in [0.2, 0.25) is 0 Å². The summed E-state index contributed by atoms with van der Waals surface area (Å²) >= 11 is 0. The molecular weight excluding hydrogens is 262 g/mol. The first-order valence-electron chi connectivity index (χ1n) is 7.92. The van der Waals surface area contributed by atoms with E-state index < -0.39 is 0 Å². The number of aryl methyl sites for hydroxylation is 1. The van der Waals surface area contributed by atoms with Crippen LogP contribution in [0.3, 0.4) is 0 Å². The predicted molar refractivity (Wildman–Crippen MR) is 82.6 cm³/mol. The third-order valence-corrected chi connectivity index (χ3v) is 5.52. The molecule has 1 N–H and O–H groups in total. The second kappa shape index (κ2) is 4.59. The Bertz CT molecular complexity index is 609. The lowest BCUT2D eigenvalue weighted by atomic mass is 9.66. The van der Waals surface area contributed by atoms with Gasteiger partial charge in [0.05, 0.1) is 5.41 Å². The van der Waals surface area contributed by atoms with Gasteiger partial charge in [-0.05, 0) is 44.5 Å². The van der Waals surface area contributed by atoms with E-state index >= 15 is 0 Å². The molecule has 2 heterocycles. The fraction of sp³-hybridized carbons (Fsp3) is 0.556. The molecule has 4 rings (SSSR count). The molecule has 0 aromatic heterocycles. The second-order valence-electron chi connectivity index (χ2n) is 6.89. The van der Waals surface area contributed by atoms with Crippen LogP contribution in [0, 0.1) is 12.8 Å². The van der Waals surface area contributed by atoms with Crippen molar-refractivity contribution in [3.8, 4) is 5.75 Å². The van der Waals surface area contributed by atoms with Crippen molar-refractivity contribution in [2.75, 3.05) is 20.2 Å². The van der Waals surface area contributed by atoms with Crippen molar-refractivity contribution in [3.63, 3.8) is 0 Å². The molecule has 3 aliphatic rings. The maximum atomic E-state index is 9.78. The third kappa shape index (κ3) is 1.74. The zero-order chi connectivity index (χ0) is 14.6. The number of allylic oxidation sites excluding steroid dienone is 1. The summed E-state index contributed by atoms with van der Waals surface area (Å²) in [5.74, 6) is 1.29. The minimum atomic E-state index is -0.0346. The van der Waals surface area contributed by atoms with Crippen molar-refractivity contribution in [2.24, 2.45) is 5.92 Å². The van der Waals surface area contributed by atoms with Crippen LogP contribution in [0.1, 0.15) is 29.5 Å². The van der Waals surface area contributed by atoms with Crippen LogP contribution in [0.5, 0.6) is 5.75 Å². The molecule has 3 nitrogen and oxygen atoms in total. The van der Waals surface area contributed by atoms with Gasteiger partial charge in [-0.3, -0.25) is 0 Å². The zero-order valence-corrected chi connectivity index (χ0v) is 12.8. The average Bonchev–Trinajstić information content (AvgIpc) is 2.77. The van der Waals surface area contributed by atoms with Gasteiger partial charge in [0.15, 0.2) is 0 Å². The van der Waals surface area contributed by atoms with E-state index in [1.807, 2.05) is 0 Å². The Morgan fingerprint density at radius 3 is 3.10 bits per heavy atom. The van der Waals surface area contributed by atoms with E-state index in [1.165, 1.54) is 16.7 Å². The minimum Gasteiger partial charge on any atom is -0.488 e. The molecule has 0 fully saturated rings. The standard InChI is InChI=1S/C18H23NO2/c1-12-5-6-13-10-19(2)9-8-18-7-3-4-14(11-20)17(18)21-16(12)15(13)18/h3,5-7,14,17,20H,4,8-11H2,1-2H3/t14?,17?,18-/m1/s1. The van der Waals surface area contributed by atoms with Crippen molar-refractivity contribution < 1.29 is 9.84 Å². The summed E-state index contributed by atoms with van der Waals surface area (Å²) in [5.41, 5.74) is 3.97. The van der Waals surface area contributed by atoms with Crippen LogP contribution in [0.4, 0.5) is 0 Å². The third-order valence-electron chi connectivity index (χ3n) is 5.52. The van der Waals surface area contributed by atoms with Crippen molar-refractivity contribution in [1.82, 2.24) is 4.90 Å². The molecule has 1 aromatic carbocycles. The van der Waals surface area contributed by atoms with Gasteiger partial charge in [-0.2, -0.15) is 0 Å². The quantitative estimate of drug-likeness (QED) is 0.804. The predicted octanol–water partition coefficient (Wildman–Crippen LogP) is 2.40. The largest absolute Gasteiger partial charge is 0.488 e. The van der Waals surface area contributed by atoms with Crippen molar-refractivity contribution in [1.29, 1.82) is 0 Å². The monoisotopic (exact) mass is 285 g/mol. The number of hydrogen-bond acceptors (Lipinski definition) is 3. The van der Waals surface area contributed by atoms with Gasteiger partial charge in [-0.15, -0.1) is 0 Å². The summed E-state index contributed by atoms with van der Waals surface area (Å²) in [4.78, 5) is 2.39. The number of rotatable bonds is 1. The number of aliphatic hydroxyl groups is 1. The molecule has 0 amide bonds. The molecule has 2 unspecified atom stereocenters. The highest BCUT2D eigenvalue weighted by molar-refractivity contribution is 5.58. The van der Waals surface area contributed by atoms with Gasteiger partial charge < -0.3 is 14.7 Å². The van der Waals surface area contributed by atoms with E-state index in [0.29, 0.717) is 0 Å². The van der Waals surface area contributed by atoms with Gasteiger partial charge in [0.25, 0.3) is 0 Å². The summed E-state index contributed by atoms with van der Waals surface area (Å²) in [5, 5.41) is 9.78. The first-order chi connectivity index (χ1) is 10.2. The lowest BCUT2D eigenvalue weighted by molar-refractivity contribution is 0.0541. The van der Waals surface area contributed by atoms with Gasteiger partial charge in [0, 0.05) is 24.6 Å². The minimum absolute atomic E-state index is 0.0346. The van der Waals surface area contributed by atoms with Crippen LogP contribution in [0.15, 0.2) is 24.3 Å². The van der Waals surface area contributed by atoms with Gasteiger partial charge in [0.2, 0.25) is 0 Å². The topological polar surface area (TPSA) is 32.7 Å². The summed E-state index contributed by atoms with van der Waals surface area (Å²) in [6.45, 7) is 4.38. The number of hydrogen-bond donors (Lipinski definition) is 1. The van der Waals surface area contributed by atoms with Crippen LogP contribution in [-0.2, 0) is 12.0 Å². The maximum Gasteiger partial charge on any atom is 0.127 e. The van der Waals surface area contributed by atoms with Crippen molar-refractivity contribution >= 4 is 0 Å². The molecule has 0 saturated heterocycles. The molecule has 2 aliphatic heterocycles. The number of ether oxygens (including phenoxy) is 1. The molecule has 3 heteroatoms. The molecule has 1 aliphatic carbocycles. The highest BCUT2D eigenvalue weighted by atomic mass is 16.5. The first kappa shape index (κ1) is 13.4. The summed E-state index contributed by atoms with van der Waals surface area (Å²) < 4.78 is 6.42. The molecule has 1 spiro atoms. The Labute approximate surface area is 126 Å². The van der Waals surface area contributed by atoms with Crippen LogP contribution < -0.4 is 4.74 Å². The van der Waals surface area contributed by atoms with E-state index in [9.17, 15) is 5.11 Å². The number of benzene rings is 1. The first-order valence-corrected chi connectivity index (χ1v) is 7.92. The molecular formula is C18H23NO2. The molecule has 0 radical (unpaired) electrons. The second-order valence-corrected chi connectivity index (χ2v) is 6.89. The van der Waals surface area contributed by atoms with Crippen LogP contribution >= 0.6 is 0 Å². The van der Waals surface area contributed by atoms with Crippen LogP contribution in [-0.4, -0.2) is 36.3 Å². The van der Waals surface area contributed by atoms with Gasteiger partial charge >= 0.3 is 0 Å². The molecule has 0 bridgehead atoms. The molecule has 3 atom stereocenters. The molecule has 112 valence electrons. The zero-order valence-electron chi connectivity index (χ0n) is 12.8. The van der Waals surface area contributed by atoms with E-state index in [0.717, 1.165) is 31.7 Å². The van der Waals surface area contributed by atoms with E-state index in [4.69, 9.17) is 4.74 Å². The lowest BCUT2D eigenvalue weighted by Crippen LogP contribution is -2.46. The van der Waals surface area contributed by atoms with E-state index in [-0.39, 0.29) is 24.0 Å². The van der Waals surface area contributed by atoms with E-state index in [2.05, 4.69) is 43.2 Å². The number of nitrogens with zero attached hydrogens (tertiary/aromatic N) is 1. The smallest absolute Gasteiger partial charge is 0.127 e. The number of aliphatic hydroxyl groups excluding tert-OH is 1. The van der Waals surface area contributed by atoms with Crippen molar-refractivity contribution in [2.45, 2.75) is 37.8 Å². The molecule has 1 aromatic rings. The summed E-state index contributed by atoms with van der Waals surface area (Å²) in [6.07, 6.45) is 6.71.